The van der Waals surface area contributed by atoms with Gasteiger partial charge < -0.3 is 14.5 Å². The maximum Gasteiger partial charge on any atom is 0.262 e. The van der Waals surface area contributed by atoms with Crippen molar-refractivity contribution in [2.75, 3.05) is 11.9 Å². The fourth-order valence-electron chi connectivity index (χ4n) is 3.44. The Morgan fingerprint density at radius 3 is 2.56 bits per heavy atom. The first-order chi connectivity index (χ1) is 15.2. The lowest BCUT2D eigenvalue weighted by Gasteiger charge is -2.12. The van der Waals surface area contributed by atoms with Crippen LogP contribution in [0.5, 0.6) is 5.75 Å². The average molecular weight is 490 g/mol. The van der Waals surface area contributed by atoms with Gasteiger partial charge in [-0.15, -0.1) is 0 Å². The lowest BCUT2D eigenvalue weighted by Crippen LogP contribution is -2.20. The number of nitrogens with one attached hydrogen (secondary N) is 1. The van der Waals surface area contributed by atoms with E-state index in [2.05, 4.69) is 16.4 Å². The minimum Gasteiger partial charge on any atom is -0.482 e. The first-order valence-corrected chi connectivity index (χ1v) is 10.9. The Bertz CT molecular complexity index is 1350. The number of fused-ring (bicyclic) bond motifs is 1. The molecule has 0 fully saturated rings. The van der Waals surface area contributed by atoms with Crippen molar-refractivity contribution in [2.45, 2.75) is 20.8 Å². The van der Waals surface area contributed by atoms with Crippen molar-refractivity contribution in [2.24, 2.45) is 0 Å². The summed E-state index contributed by atoms with van der Waals surface area (Å²) in [6.45, 7) is 5.67. The maximum atomic E-state index is 12.5. The summed E-state index contributed by atoms with van der Waals surface area (Å²) >= 11 is 18.0. The van der Waals surface area contributed by atoms with Gasteiger partial charge in [0.25, 0.3) is 5.91 Å². The van der Waals surface area contributed by atoms with Crippen LogP contribution in [0.2, 0.25) is 15.1 Å². The number of hydrogen-bond donors (Lipinski definition) is 1. The molecular weight excluding hydrogens is 471 g/mol. The van der Waals surface area contributed by atoms with Crippen LogP contribution in [0, 0.1) is 20.8 Å². The van der Waals surface area contributed by atoms with Crippen molar-refractivity contribution in [3.63, 3.8) is 0 Å². The third kappa shape index (κ3) is 4.56. The number of hydrogen-bond acceptors (Lipinski definition) is 4. The lowest BCUT2D eigenvalue weighted by molar-refractivity contribution is -0.118. The van der Waals surface area contributed by atoms with E-state index in [-0.39, 0.29) is 23.3 Å². The largest absolute Gasteiger partial charge is 0.482 e. The van der Waals surface area contributed by atoms with E-state index in [4.69, 9.17) is 44.0 Å². The molecule has 0 radical (unpaired) electrons. The number of amides is 1. The van der Waals surface area contributed by atoms with Gasteiger partial charge in [-0.05, 0) is 61.7 Å². The summed E-state index contributed by atoms with van der Waals surface area (Å²) in [5.74, 6) is 0.427. The third-order valence-corrected chi connectivity index (χ3v) is 6.01. The van der Waals surface area contributed by atoms with Gasteiger partial charge in [-0.1, -0.05) is 46.9 Å². The van der Waals surface area contributed by atoms with Crippen LogP contribution < -0.4 is 10.1 Å². The highest BCUT2D eigenvalue weighted by molar-refractivity contribution is 6.43. The molecule has 4 rings (SSSR count). The van der Waals surface area contributed by atoms with Gasteiger partial charge in [0, 0.05) is 17.3 Å². The highest BCUT2D eigenvalue weighted by Gasteiger charge is 2.16. The Morgan fingerprint density at radius 2 is 1.78 bits per heavy atom. The summed E-state index contributed by atoms with van der Waals surface area (Å²) in [6.07, 6.45) is 0. The van der Waals surface area contributed by atoms with E-state index in [1.807, 2.05) is 39.0 Å². The zero-order valence-electron chi connectivity index (χ0n) is 17.6. The number of ether oxygens (including phenoxy) is 1. The molecule has 1 heterocycles. The number of anilines is 1. The van der Waals surface area contributed by atoms with Crippen molar-refractivity contribution in [3.8, 4) is 17.2 Å². The van der Waals surface area contributed by atoms with Crippen LogP contribution in [0.15, 0.2) is 46.9 Å². The van der Waals surface area contributed by atoms with Crippen molar-refractivity contribution in [1.29, 1.82) is 0 Å². The molecule has 0 saturated heterocycles. The molecule has 0 aliphatic carbocycles. The van der Waals surface area contributed by atoms with Gasteiger partial charge in [0.15, 0.2) is 12.2 Å². The van der Waals surface area contributed by atoms with E-state index in [9.17, 15) is 4.79 Å². The SMILES string of the molecule is Cc1cc(C)c2oc(-c3cccc(NC(=O)COc4cc(Cl)c(Cl)cc4Cl)c3C)nc2c1. The second-order valence-corrected chi connectivity index (χ2v) is 8.68. The molecule has 1 amide bonds. The number of carbonyl (C=O) groups excluding carboxylic acids is 1. The summed E-state index contributed by atoms with van der Waals surface area (Å²) in [6, 6.07) is 12.5. The quantitative estimate of drug-likeness (QED) is 0.297. The topological polar surface area (TPSA) is 64.4 Å². The van der Waals surface area contributed by atoms with Gasteiger partial charge in [-0.3, -0.25) is 4.79 Å². The maximum absolute atomic E-state index is 12.5. The Hall–Kier alpha value is -2.73. The van der Waals surface area contributed by atoms with Gasteiger partial charge in [0.2, 0.25) is 5.89 Å². The number of carbonyl (C=O) groups is 1. The smallest absolute Gasteiger partial charge is 0.262 e. The normalized spacial score (nSPS) is 11.1. The molecule has 0 unspecified atom stereocenters. The average Bonchev–Trinajstić information content (AvgIpc) is 3.15. The van der Waals surface area contributed by atoms with E-state index < -0.39 is 0 Å². The van der Waals surface area contributed by atoms with Crippen LogP contribution in [0.3, 0.4) is 0 Å². The highest BCUT2D eigenvalue weighted by atomic mass is 35.5. The van der Waals surface area contributed by atoms with Crippen LogP contribution in [0.4, 0.5) is 5.69 Å². The standard InChI is InChI=1S/C24H19Cl3N2O3/c1-12-7-13(2)23-20(8-12)29-24(32-23)15-5-4-6-19(14(15)3)28-22(30)11-31-21-10-17(26)16(25)9-18(21)27/h4-10H,11H2,1-3H3,(H,28,30). The minimum atomic E-state index is -0.351. The first-order valence-electron chi connectivity index (χ1n) is 9.78. The van der Waals surface area contributed by atoms with Crippen LogP contribution in [-0.4, -0.2) is 17.5 Å². The number of aromatic nitrogens is 1. The fourth-order valence-corrected chi connectivity index (χ4v) is 4.03. The molecule has 8 heteroatoms. The van der Waals surface area contributed by atoms with Gasteiger partial charge >= 0.3 is 0 Å². The number of nitrogens with zero attached hydrogens (tertiary/aromatic N) is 1. The van der Waals surface area contributed by atoms with E-state index in [0.29, 0.717) is 21.6 Å². The van der Waals surface area contributed by atoms with Gasteiger partial charge in [0.1, 0.15) is 11.3 Å². The molecular formula is C24H19Cl3N2O3. The summed E-state index contributed by atoms with van der Waals surface area (Å²) in [5.41, 5.74) is 5.96. The number of oxazole rings is 1. The predicted molar refractivity (Wildman–Crippen MR) is 129 cm³/mol. The number of halogens is 3. The predicted octanol–water partition coefficient (Wildman–Crippen LogP) is 7.40. The monoisotopic (exact) mass is 488 g/mol. The van der Waals surface area contributed by atoms with Crippen LogP contribution in [-0.2, 0) is 4.79 Å². The highest BCUT2D eigenvalue weighted by Crippen LogP contribution is 2.34. The summed E-state index contributed by atoms with van der Waals surface area (Å²) < 4.78 is 11.5. The van der Waals surface area contributed by atoms with Crippen LogP contribution >= 0.6 is 34.8 Å². The molecule has 0 aliphatic rings. The Labute approximate surface area is 200 Å². The molecule has 3 aromatic carbocycles. The fraction of sp³-hybridized carbons (Fsp3) is 0.167. The van der Waals surface area contributed by atoms with E-state index in [1.54, 1.807) is 6.07 Å². The molecule has 0 aliphatic heterocycles. The van der Waals surface area contributed by atoms with Crippen molar-refractivity contribution in [3.05, 3.63) is 74.2 Å². The lowest BCUT2D eigenvalue weighted by atomic mass is 10.1. The first kappa shape index (κ1) is 22.5. The van der Waals surface area contributed by atoms with Gasteiger partial charge in [0.05, 0.1) is 15.1 Å². The van der Waals surface area contributed by atoms with Gasteiger partial charge in [-0.2, -0.15) is 0 Å². The zero-order valence-corrected chi connectivity index (χ0v) is 19.8. The minimum absolute atomic E-state index is 0.247. The van der Waals surface area contributed by atoms with Crippen molar-refractivity contribution in [1.82, 2.24) is 4.98 Å². The molecule has 0 bridgehead atoms. The Kier molecular flexibility index (Phi) is 6.33. The summed E-state index contributed by atoms with van der Waals surface area (Å²) in [5, 5.41) is 3.73. The summed E-state index contributed by atoms with van der Waals surface area (Å²) in [4.78, 5) is 17.1. The van der Waals surface area contributed by atoms with Gasteiger partial charge in [-0.25, -0.2) is 4.98 Å². The van der Waals surface area contributed by atoms with Crippen LogP contribution in [0.25, 0.3) is 22.6 Å². The molecule has 1 N–H and O–H groups in total. The van der Waals surface area contributed by atoms with Crippen molar-refractivity contribution >= 4 is 57.5 Å². The molecule has 32 heavy (non-hydrogen) atoms. The molecule has 164 valence electrons. The molecule has 0 atom stereocenters. The van der Waals surface area contributed by atoms with Crippen molar-refractivity contribution < 1.29 is 13.9 Å². The Morgan fingerprint density at radius 1 is 1.03 bits per heavy atom. The second kappa shape index (κ2) is 9.02. The third-order valence-electron chi connectivity index (χ3n) is 4.99. The second-order valence-electron chi connectivity index (χ2n) is 7.46. The summed E-state index contributed by atoms with van der Waals surface area (Å²) in [7, 11) is 0. The molecule has 0 saturated carbocycles. The zero-order chi connectivity index (χ0) is 23.0. The van der Waals surface area contributed by atoms with Crippen LogP contribution in [0.1, 0.15) is 16.7 Å². The number of aryl methyl sites for hydroxylation is 2. The molecule has 4 aromatic rings. The van der Waals surface area contributed by atoms with E-state index >= 15 is 0 Å². The molecule has 0 spiro atoms. The number of rotatable bonds is 5. The number of benzene rings is 3. The molecule has 1 aromatic heterocycles. The Balaban J connectivity index is 1.53. The molecule has 5 nitrogen and oxygen atoms in total. The van der Waals surface area contributed by atoms with E-state index in [0.717, 1.165) is 33.4 Å². The van der Waals surface area contributed by atoms with E-state index in [1.165, 1.54) is 12.1 Å².